The van der Waals surface area contributed by atoms with Crippen LogP contribution in [0.4, 0.5) is 34.1 Å². The first kappa shape index (κ1) is 31.6. The van der Waals surface area contributed by atoms with Crippen LogP contribution in [-0.4, -0.2) is 14.8 Å². The summed E-state index contributed by atoms with van der Waals surface area (Å²) in [4.78, 5) is 5.14. The number of rotatable bonds is 3. The van der Waals surface area contributed by atoms with Crippen molar-refractivity contribution in [2.75, 3.05) is 9.80 Å². The second kappa shape index (κ2) is 10.8. The Morgan fingerprint density at radius 3 is 1.62 bits per heavy atom. The smallest absolute Gasteiger partial charge is 0.252 e. The average Bonchev–Trinajstić information content (AvgIpc) is 3.00. The molecule has 0 amide bonds. The van der Waals surface area contributed by atoms with Crippen LogP contribution in [-0.2, 0) is 10.8 Å². The third-order valence-corrected chi connectivity index (χ3v) is 12.2. The molecular weight excluding hydrogens is 583 g/mol. The minimum Gasteiger partial charge on any atom is -0.312 e. The third kappa shape index (κ3) is 5.26. The Balaban J connectivity index is 1.62. The van der Waals surface area contributed by atoms with Crippen LogP contribution < -0.4 is 31.4 Å². The van der Waals surface area contributed by atoms with Gasteiger partial charge in [0, 0.05) is 34.1 Å². The fourth-order valence-electron chi connectivity index (χ4n) is 7.57. The summed E-state index contributed by atoms with van der Waals surface area (Å²) in [6.07, 6.45) is 0. The Morgan fingerprint density at radius 1 is 0.511 bits per heavy atom. The van der Waals surface area contributed by atoms with Crippen molar-refractivity contribution in [3.8, 4) is 0 Å². The van der Waals surface area contributed by atoms with Gasteiger partial charge in [0.1, 0.15) is 0 Å². The Bertz CT molecular complexity index is 2000. The molecule has 5 aromatic rings. The van der Waals surface area contributed by atoms with Crippen molar-refractivity contribution >= 4 is 70.5 Å². The topological polar surface area (TPSA) is 6.48 Å². The highest BCUT2D eigenvalue weighted by molar-refractivity contribution is 7.01. The van der Waals surface area contributed by atoms with Crippen LogP contribution in [0.1, 0.15) is 63.8 Å². The molecule has 0 fully saturated rings. The van der Waals surface area contributed by atoms with Crippen molar-refractivity contribution in [1.82, 2.24) is 0 Å². The largest absolute Gasteiger partial charge is 0.312 e. The Morgan fingerprint density at radius 2 is 1.00 bits per heavy atom. The lowest BCUT2D eigenvalue weighted by atomic mass is 9.33. The predicted molar refractivity (Wildman–Crippen MR) is 210 cm³/mol. The van der Waals surface area contributed by atoms with Crippen LogP contribution >= 0.6 is 0 Å². The summed E-state index contributed by atoms with van der Waals surface area (Å²) in [5, 5.41) is 1.51. The Kier molecular flexibility index (Phi) is 7.22. The van der Waals surface area contributed by atoms with Crippen LogP contribution in [0.25, 0.3) is 0 Å². The molecule has 2 nitrogen and oxygen atoms in total. The fraction of sp³-hybridized carbons (Fsp3) is 0.302. The van der Waals surface area contributed by atoms with Crippen molar-refractivity contribution in [1.29, 1.82) is 0 Å². The summed E-state index contributed by atoms with van der Waals surface area (Å²) in [6, 6.07) is 37.7. The zero-order valence-electron chi connectivity index (χ0n) is 30.2. The van der Waals surface area contributed by atoms with Crippen molar-refractivity contribution in [3.05, 3.63) is 119 Å². The lowest BCUT2D eigenvalue weighted by molar-refractivity contribution is 0.590. The van der Waals surface area contributed by atoms with E-state index in [0.29, 0.717) is 0 Å². The molecule has 4 heteroatoms. The molecule has 47 heavy (non-hydrogen) atoms. The minimum atomic E-state index is -1.79. The van der Waals surface area contributed by atoms with E-state index < -0.39 is 8.07 Å². The summed E-state index contributed by atoms with van der Waals surface area (Å²) in [5.41, 5.74) is 17.3. The van der Waals surface area contributed by atoms with Gasteiger partial charge >= 0.3 is 0 Å². The van der Waals surface area contributed by atoms with E-state index in [-0.39, 0.29) is 17.5 Å². The first-order valence-electron chi connectivity index (χ1n) is 17.2. The van der Waals surface area contributed by atoms with Crippen molar-refractivity contribution in [3.63, 3.8) is 0 Å². The molecule has 0 saturated carbocycles. The van der Waals surface area contributed by atoms with Crippen LogP contribution in [0.2, 0.25) is 19.6 Å². The monoisotopic (exact) mass is 632 g/mol. The number of hydrogen-bond donors (Lipinski definition) is 0. The van der Waals surface area contributed by atoms with Gasteiger partial charge in [0.05, 0.1) is 8.07 Å². The van der Waals surface area contributed by atoms with E-state index >= 15 is 0 Å². The van der Waals surface area contributed by atoms with Gasteiger partial charge in [-0.25, -0.2) is 0 Å². The molecule has 0 unspecified atom stereocenters. The SMILES string of the molecule is Cc1ccc(N2c3ccc(C)cc3B3c4cc(C(C)(C)C)ccc4N(c4ccc(C(C)(C)C)cc4)c4ccc([Si](C)(C)C)c2c43)cc1. The molecule has 0 aromatic heterocycles. The highest BCUT2D eigenvalue weighted by Gasteiger charge is 2.45. The molecule has 5 aromatic carbocycles. The summed E-state index contributed by atoms with van der Waals surface area (Å²) >= 11 is 0. The molecule has 0 spiro atoms. The van der Waals surface area contributed by atoms with Gasteiger partial charge in [0.2, 0.25) is 0 Å². The number of fused-ring (bicyclic) bond motifs is 4. The molecule has 0 aliphatic carbocycles. The van der Waals surface area contributed by atoms with E-state index in [4.69, 9.17) is 0 Å². The molecule has 238 valence electrons. The van der Waals surface area contributed by atoms with Gasteiger partial charge in [0.25, 0.3) is 6.71 Å². The Labute approximate surface area is 284 Å². The van der Waals surface area contributed by atoms with E-state index in [1.807, 2.05) is 0 Å². The lowest BCUT2D eigenvalue weighted by Gasteiger charge is -2.46. The second-order valence-corrected chi connectivity index (χ2v) is 22.0. The first-order valence-corrected chi connectivity index (χ1v) is 20.7. The third-order valence-electron chi connectivity index (χ3n) is 10.2. The summed E-state index contributed by atoms with van der Waals surface area (Å²) in [5.74, 6) is 0. The average molecular weight is 633 g/mol. The van der Waals surface area contributed by atoms with E-state index in [2.05, 4.69) is 182 Å². The normalized spacial score (nSPS) is 14.1. The van der Waals surface area contributed by atoms with Crippen molar-refractivity contribution in [2.24, 2.45) is 0 Å². The van der Waals surface area contributed by atoms with Gasteiger partial charge in [0.15, 0.2) is 0 Å². The summed E-state index contributed by atoms with van der Waals surface area (Å²) < 4.78 is 0. The van der Waals surface area contributed by atoms with Crippen LogP contribution in [0.5, 0.6) is 0 Å². The maximum atomic E-state index is 2.59. The van der Waals surface area contributed by atoms with Crippen molar-refractivity contribution in [2.45, 2.75) is 85.9 Å². The van der Waals surface area contributed by atoms with E-state index in [1.165, 1.54) is 78.0 Å². The van der Waals surface area contributed by atoms with Gasteiger partial charge < -0.3 is 9.80 Å². The number of nitrogens with zero attached hydrogens (tertiary/aromatic N) is 2. The minimum absolute atomic E-state index is 0.0372. The number of anilines is 6. The zero-order chi connectivity index (χ0) is 33.6. The standard InChI is InChI=1S/C43H49BN2Si/c1-28-12-18-33(19-13-28)46-37-22-14-29(2)26-34(37)44-35-27-31(43(6,7)8)17-23-36(35)45(32-20-15-30(16-21-32)42(3,4)5)38-24-25-39(47(9,10)11)41(46)40(38)44/h12-27H,1-11H3. The molecule has 2 aliphatic rings. The molecule has 0 bridgehead atoms. The fourth-order valence-corrected chi connectivity index (χ4v) is 9.11. The van der Waals surface area contributed by atoms with E-state index in [9.17, 15) is 0 Å². The second-order valence-electron chi connectivity index (χ2n) is 17.0. The van der Waals surface area contributed by atoms with Crippen LogP contribution in [0, 0.1) is 13.8 Å². The Hall–Kier alpha value is -4.02. The summed E-state index contributed by atoms with van der Waals surface area (Å²) in [7, 11) is -1.79. The van der Waals surface area contributed by atoms with Crippen LogP contribution in [0.15, 0.2) is 97.1 Å². The van der Waals surface area contributed by atoms with E-state index in [0.717, 1.165) is 0 Å². The number of aryl methyl sites for hydroxylation is 2. The highest BCUT2D eigenvalue weighted by Crippen LogP contribution is 2.44. The maximum absolute atomic E-state index is 2.59. The summed E-state index contributed by atoms with van der Waals surface area (Å²) in [6.45, 7) is 25.9. The molecule has 0 radical (unpaired) electrons. The highest BCUT2D eigenvalue weighted by atomic mass is 28.3. The van der Waals surface area contributed by atoms with Crippen molar-refractivity contribution < 1.29 is 0 Å². The number of hydrogen-bond acceptors (Lipinski definition) is 2. The maximum Gasteiger partial charge on any atom is 0.252 e. The molecule has 0 atom stereocenters. The van der Waals surface area contributed by atoms with Gasteiger partial charge in [-0.1, -0.05) is 127 Å². The molecule has 2 aliphatic heterocycles. The van der Waals surface area contributed by atoms with E-state index in [1.54, 1.807) is 0 Å². The molecule has 0 saturated heterocycles. The van der Waals surface area contributed by atoms with Gasteiger partial charge in [-0.3, -0.25) is 0 Å². The lowest BCUT2D eigenvalue weighted by Crippen LogP contribution is -2.63. The van der Waals surface area contributed by atoms with Crippen LogP contribution in [0.3, 0.4) is 0 Å². The molecule has 7 rings (SSSR count). The molecule has 2 heterocycles. The van der Waals surface area contributed by atoms with Gasteiger partial charge in [-0.15, -0.1) is 0 Å². The molecule has 0 N–H and O–H groups in total. The zero-order valence-corrected chi connectivity index (χ0v) is 31.2. The van der Waals surface area contributed by atoms with Gasteiger partial charge in [-0.05, 0) is 99.8 Å². The quantitative estimate of drug-likeness (QED) is 0.179. The molecular formula is C43H49BN2Si. The number of benzene rings is 5. The first-order chi connectivity index (χ1) is 22.0. The predicted octanol–water partition coefficient (Wildman–Crippen LogP) is 9.53. The van der Waals surface area contributed by atoms with Gasteiger partial charge in [-0.2, -0.15) is 0 Å².